The molecule has 0 bridgehead atoms. The van der Waals surface area contributed by atoms with Crippen molar-refractivity contribution in [3.63, 3.8) is 0 Å². The number of alkyl halides is 16. The van der Waals surface area contributed by atoms with E-state index >= 15 is 0 Å². The Bertz CT molecular complexity index is 1360. The molecule has 0 fully saturated rings. The van der Waals surface area contributed by atoms with Crippen LogP contribution in [0.15, 0.2) is 36.7 Å². The molecule has 23 heteroatoms. The van der Waals surface area contributed by atoms with Gasteiger partial charge in [0, 0.05) is 12.0 Å². The van der Waals surface area contributed by atoms with Crippen LogP contribution in [0.25, 0.3) is 11.4 Å². The smallest absolute Gasteiger partial charge is 0.460 e. The van der Waals surface area contributed by atoms with Crippen molar-refractivity contribution in [3.05, 3.63) is 36.7 Å². The standard InChI is InChI=1S/C29H30F16N2O5/c1-2-3-4-5-7-19(30)16-50-21-14-46-22(47-15-21)18-8-10-20(11-9-18)49-13-6-12-48-17-23(31,32)51-28(42,43)29(44,45)52-27(40,41)25(35,36)24(33,34)26(37,38)39/h8-11,14-15,19H,2-7,12-13,16-17H2,1H3/t19-/m0/s1. The Labute approximate surface area is 284 Å². The molecule has 2 rings (SSSR count). The average molecular weight is 791 g/mol. The first-order valence-electron chi connectivity index (χ1n) is 14.9. The molecule has 0 radical (unpaired) electrons. The van der Waals surface area contributed by atoms with Crippen LogP contribution in [-0.4, -0.2) is 85.0 Å². The van der Waals surface area contributed by atoms with E-state index in [4.69, 9.17) is 9.47 Å². The summed E-state index contributed by atoms with van der Waals surface area (Å²) in [6.07, 6.45) is -29.7. The topological polar surface area (TPSA) is 71.9 Å². The lowest BCUT2D eigenvalue weighted by atomic mass is 10.1. The minimum Gasteiger partial charge on any atom is -0.494 e. The van der Waals surface area contributed by atoms with Gasteiger partial charge in [-0.2, -0.15) is 65.9 Å². The van der Waals surface area contributed by atoms with E-state index in [1.54, 1.807) is 4.74 Å². The molecule has 0 N–H and O–H groups in total. The quantitative estimate of drug-likeness (QED) is 0.0820. The van der Waals surface area contributed by atoms with Crippen molar-refractivity contribution in [2.45, 2.75) is 94.1 Å². The number of unbranched alkanes of at least 4 members (excludes halogenated alkanes) is 3. The minimum absolute atomic E-state index is 0.158. The average Bonchev–Trinajstić information content (AvgIpc) is 3.02. The summed E-state index contributed by atoms with van der Waals surface area (Å²) in [5, 5.41) is 0. The molecule has 7 nitrogen and oxygen atoms in total. The molecule has 0 spiro atoms. The van der Waals surface area contributed by atoms with Gasteiger partial charge in [0.25, 0.3) is 0 Å². The van der Waals surface area contributed by atoms with Gasteiger partial charge < -0.3 is 14.2 Å². The monoisotopic (exact) mass is 790 g/mol. The van der Waals surface area contributed by atoms with Gasteiger partial charge in [-0.1, -0.05) is 32.6 Å². The van der Waals surface area contributed by atoms with E-state index in [0.717, 1.165) is 25.7 Å². The molecule has 298 valence electrons. The van der Waals surface area contributed by atoms with Crippen molar-refractivity contribution >= 4 is 0 Å². The van der Waals surface area contributed by atoms with Gasteiger partial charge in [-0.3, -0.25) is 0 Å². The molecule has 0 aliphatic carbocycles. The Kier molecular flexibility index (Phi) is 15.2. The second-order valence-corrected chi connectivity index (χ2v) is 10.8. The summed E-state index contributed by atoms with van der Waals surface area (Å²) >= 11 is 0. The summed E-state index contributed by atoms with van der Waals surface area (Å²) in [6, 6.07) is 5.91. The predicted octanol–water partition coefficient (Wildman–Crippen LogP) is 9.85. The van der Waals surface area contributed by atoms with Crippen LogP contribution in [0.2, 0.25) is 0 Å². The lowest BCUT2D eigenvalue weighted by Gasteiger charge is -2.36. The van der Waals surface area contributed by atoms with Crippen LogP contribution in [0.5, 0.6) is 11.5 Å². The zero-order chi connectivity index (χ0) is 39.7. The molecule has 0 aliphatic rings. The van der Waals surface area contributed by atoms with E-state index in [1.165, 1.54) is 36.7 Å². The van der Waals surface area contributed by atoms with Crippen LogP contribution in [0.1, 0.15) is 45.4 Å². The van der Waals surface area contributed by atoms with Gasteiger partial charge in [0.1, 0.15) is 25.1 Å². The highest BCUT2D eigenvalue weighted by molar-refractivity contribution is 5.56. The number of hydrogen-bond donors (Lipinski definition) is 0. The van der Waals surface area contributed by atoms with Crippen LogP contribution in [0.4, 0.5) is 70.2 Å². The molecule has 1 aromatic carbocycles. The third kappa shape index (κ3) is 12.1. The van der Waals surface area contributed by atoms with Gasteiger partial charge >= 0.3 is 42.5 Å². The number of rotatable bonds is 23. The highest BCUT2D eigenvalue weighted by atomic mass is 19.4. The lowest BCUT2D eigenvalue weighted by molar-refractivity contribution is -0.543. The molecule has 0 unspecified atom stereocenters. The van der Waals surface area contributed by atoms with Gasteiger partial charge in [-0.15, -0.1) is 0 Å². The molecule has 1 heterocycles. The molecule has 0 amide bonds. The Hall–Kier alpha value is -3.34. The molecule has 0 aliphatic heterocycles. The highest BCUT2D eigenvalue weighted by Gasteiger charge is 2.85. The fourth-order valence-corrected chi connectivity index (χ4v) is 3.77. The largest absolute Gasteiger partial charge is 0.494 e. The van der Waals surface area contributed by atoms with Crippen LogP contribution < -0.4 is 9.47 Å². The second-order valence-electron chi connectivity index (χ2n) is 10.8. The summed E-state index contributed by atoms with van der Waals surface area (Å²) in [5.41, 5.74) is 0.508. The molecule has 0 saturated heterocycles. The van der Waals surface area contributed by atoms with Gasteiger partial charge in [-0.05, 0) is 30.7 Å². The first-order valence-corrected chi connectivity index (χ1v) is 14.9. The van der Waals surface area contributed by atoms with Gasteiger partial charge in [0.05, 0.1) is 25.6 Å². The third-order valence-corrected chi connectivity index (χ3v) is 6.50. The van der Waals surface area contributed by atoms with E-state index in [9.17, 15) is 70.2 Å². The number of aromatic nitrogens is 2. The van der Waals surface area contributed by atoms with Crippen LogP contribution in [0, 0.1) is 0 Å². The summed E-state index contributed by atoms with van der Waals surface area (Å²) in [6.45, 7) is -1.47. The van der Waals surface area contributed by atoms with Crippen molar-refractivity contribution in [2.24, 2.45) is 0 Å². The van der Waals surface area contributed by atoms with Crippen molar-refractivity contribution in [2.75, 3.05) is 26.4 Å². The number of hydrogen-bond acceptors (Lipinski definition) is 7. The van der Waals surface area contributed by atoms with Gasteiger partial charge in [0.2, 0.25) is 0 Å². The molecule has 0 saturated carbocycles. The van der Waals surface area contributed by atoms with Crippen LogP contribution >= 0.6 is 0 Å². The maximum atomic E-state index is 14.0. The first-order chi connectivity index (χ1) is 23.8. The molecular formula is C29H30F16N2O5. The van der Waals surface area contributed by atoms with E-state index in [-0.39, 0.29) is 37.0 Å². The number of ether oxygens (including phenoxy) is 5. The summed E-state index contributed by atoms with van der Waals surface area (Å²) < 4.78 is 229. The van der Waals surface area contributed by atoms with E-state index in [2.05, 4.69) is 19.4 Å². The number of nitrogens with zero attached hydrogens (tertiary/aromatic N) is 2. The molecular weight excluding hydrogens is 760 g/mol. The second kappa shape index (κ2) is 17.7. The van der Waals surface area contributed by atoms with Crippen molar-refractivity contribution in [1.82, 2.24) is 9.97 Å². The zero-order valence-corrected chi connectivity index (χ0v) is 26.6. The molecule has 1 aromatic heterocycles. The zero-order valence-electron chi connectivity index (χ0n) is 26.6. The molecule has 2 aromatic rings. The SMILES string of the molecule is CCCCCC[C@H](F)COc1cnc(-c2ccc(OCCCOCC(F)(F)OC(F)(F)C(F)(F)OC(F)(F)C(F)(F)C(F)(F)C(F)(F)F)cc2)nc1. The van der Waals surface area contributed by atoms with Crippen molar-refractivity contribution in [3.8, 4) is 22.9 Å². The Morgan fingerprint density at radius 1 is 0.615 bits per heavy atom. The number of benzene rings is 1. The Morgan fingerprint density at radius 3 is 1.75 bits per heavy atom. The highest BCUT2D eigenvalue weighted by Crippen LogP contribution is 2.56. The van der Waals surface area contributed by atoms with Crippen molar-refractivity contribution in [1.29, 1.82) is 0 Å². The summed E-state index contributed by atoms with van der Waals surface area (Å²) in [7, 11) is 0. The Balaban J connectivity index is 1.80. The molecule has 1 atom stereocenters. The van der Waals surface area contributed by atoms with Crippen LogP contribution in [-0.2, 0) is 14.2 Å². The van der Waals surface area contributed by atoms with E-state index < -0.39 is 61.8 Å². The summed E-state index contributed by atoms with van der Waals surface area (Å²) in [4.78, 5) is 8.25. The van der Waals surface area contributed by atoms with Crippen molar-refractivity contribution < 1.29 is 93.9 Å². The fraction of sp³-hybridized carbons (Fsp3) is 0.655. The Morgan fingerprint density at radius 2 is 1.19 bits per heavy atom. The third-order valence-electron chi connectivity index (χ3n) is 6.50. The van der Waals surface area contributed by atoms with Gasteiger partial charge in [-0.25, -0.2) is 23.8 Å². The maximum Gasteiger partial charge on any atom is 0.460 e. The first kappa shape index (κ1) is 44.8. The minimum atomic E-state index is -7.93. The van der Waals surface area contributed by atoms with Crippen LogP contribution in [0.3, 0.4) is 0 Å². The molecule has 52 heavy (non-hydrogen) atoms. The summed E-state index contributed by atoms with van der Waals surface area (Å²) in [5.74, 6) is -15.0. The number of halogens is 16. The van der Waals surface area contributed by atoms with E-state index in [0.29, 0.717) is 12.0 Å². The van der Waals surface area contributed by atoms with Gasteiger partial charge in [0.15, 0.2) is 11.6 Å². The fourth-order valence-electron chi connectivity index (χ4n) is 3.77. The lowest BCUT2D eigenvalue weighted by Crippen LogP contribution is -2.64. The predicted molar refractivity (Wildman–Crippen MR) is 145 cm³/mol. The van der Waals surface area contributed by atoms with E-state index in [1.807, 2.05) is 6.92 Å². The normalized spacial score (nSPS) is 14.4. The maximum absolute atomic E-state index is 14.0.